The normalized spacial score (nSPS) is 9.71. The Hall–Kier alpha value is -1.57. The Kier molecular flexibility index (Phi) is 2.63. The highest BCUT2D eigenvalue weighted by atomic mass is 32.1. The van der Waals surface area contributed by atoms with Crippen molar-refractivity contribution in [2.45, 2.75) is 6.54 Å². The molecule has 0 spiro atoms. The van der Waals surface area contributed by atoms with Gasteiger partial charge in [-0.15, -0.1) is 0 Å². The van der Waals surface area contributed by atoms with Crippen LogP contribution in [0.5, 0.6) is 0 Å². The van der Waals surface area contributed by atoms with Gasteiger partial charge >= 0.3 is 0 Å². The monoisotopic (exact) mass is 200 g/mol. The summed E-state index contributed by atoms with van der Waals surface area (Å²) in [6.45, 7) is 0.553. The van der Waals surface area contributed by atoms with Crippen LogP contribution < -0.4 is 0 Å². The van der Waals surface area contributed by atoms with Crippen molar-refractivity contribution in [2.24, 2.45) is 4.99 Å². The lowest BCUT2D eigenvalue weighted by atomic mass is 10.1. The van der Waals surface area contributed by atoms with Crippen LogP contribution in [0.4, 0.5) is 0 Å². The van der Waals surface area contributed by atoms with E-state index in [-0.39, 0.29) is 0 Å². The van der Waals surface area contributed by atoms with Crippen LogP contribution in [-0.2, 0) is 6.54 Å². The SMILES string of the molecule is S=C=NCc1cncc2ccccc12. The van der Waals surface area contributed by atoms with Crippen LogP contribution in [-0.4, -0.2) is 10.1 Å². The van der Waals surface area contributed by atoms with E-state index in [9.17, 15) is 0 Å². The average molecular weight is 200 g/mol. The van der Waals surface area contributed by atoms with Gasteiger partial charge in [-0.1, -0.05) is 24.3 Å². The Morgan fingerprint density at radius 1 is 1.29 bits per heavy atom. The molecule has 68 valence electrons. The van der Waals surface area contributed by atoms with Crippen molar-refractivity contribution in [1.82, 2.24) is 4.98 Å². The van der Waals surface area contributed by atoms with Crippen molar-refractivity contribution in [3.05, 3.63) is 42.2 Å². The fourth-order valence-electron chi connectivity index (χ4n) is 1.42. The largest absolute Gasteiger partial charge is 0.264 e. The van der Waals surface area contributed by atoms with Gasteiger partial charge in [-0.05, 0) is 17.6 Å². The minimum atomic E-state index is 0.553. The summed E-state index contributed by atoms with van der Waals surface area (Å²) in [6, 6.07) is 8.10. The lowest BCUT2D eigenvalue weighted by Gasteiger charge is -2.01. The van der Waals surface area contributed by atoms with Gasteiger partial charge in [-0.25, -0.2) is 4.99 Å². The fraction of sp³-hybridized carbons (Fsp3) is 0.0909. The third-order valence-electron chi connectivity index (χ3n) is 2.06. The Bertz CT molecular complexity index is 496. The second kappa shape index (κ2) is 4.09. The Balaban J connectivity index is 2.58. The summed E-state index contributed by atoms with van der Waals surface area (Å²) in [4.78, 5) is 8.06. The first-order valence-electron chi connectivity index (χ1n) is 4.27. The first-order chi connectivity index (χ1) is 6.92. The summed E-state index contributed by atoms with van der Waals surface area (Å²) in [7, 11) is 0. The molecular weight excluding hydrogens is 192 g/mol. The van der Waals surface area contributed by atoms with Crippen LogP contribution in [0.25, 0.3) is 10.8 Å². The molecular formula is C11H8N2S. The Morgan fingerprint density at radius 2 is 2.14 bits per heavy atom. The van der Waals surface area contributed by atoms with E-state index in [1.54, 1.807) is 0 Å². The molecule has 0 aliphatic heterocycles. The van der Waals surface area contributed by atoms with Crippen LogP contribution in [0.15, 0.2) is 41.7 Å². The molecule has 0 aliphatic carbocycles. The third-order valence-corrected chi connectivity index (χ3v) is 2.19. The molecule has 14 heavy (non-hydrogen) atoms. The summed E-state index contributed by atoms with van der Waals surface area (Å²) in [6.07, 6.45) is 3.67. The summed E-state index contributed by atoms with van der Waals surface area (Å²) < 4.78 is 0. The highest BCUT2D eigenvalue weighted by Gasteiger charge is 1.98. The van der Waals surface area contributed by atoms with Gasteiger partial charge in [0.15, 0.2) is 0 Å². The van der Waals surface area contributed by atoms with E-state index < -0.39 is 0 Å². The zero-order valence-corrected chi connectivity index (χ0v) is 8.29. The molecule has 0 unspecified atom stereocenters. The number of hydrogen-bond donors (Lipinski definition) is 0. The smallest absolute Gasteiger partial charge is 0.0764 e. The lowest BCUT2D eigenvalue weighted by Crippen LogP contribution is -1.86. The van der Waals surface area contributed by atoms with Crippen LogP contribution in [0, 0.1) is 0 Å². The van der Waals surface area contributed by atoms with E-state index in [0.717, 1.165) is 10.9 Å². The fourth-order valence-corrected chi connectivity index (χ4v) is 1.49. The van der Waals surface area contributed by atoms with Crippen molar-refractivity contribution in [1.29, 1.82) is 0 Å². The maximum Gasteiger partial charge on any atom is 0.0764 e. The van der Waals surface area contributed by atoms with Crippen molar-refractivity contribution in [2.75, 3.05) is 0 Å². The Labute approximate surface area is 87.3 Å². The molecule has 0 fully saturated rings. The molecule has 1 aromatic heterocycles. The molecule has 1 heterocycles. The minimum absolute atomic E-state index is 0.553. The second-order valence-electron chi connectivity index (χ2n) is 2.93. The number of aliphatic imine (C=N–C) groups is 1. The van der Waals surface area contributed by atoms with E-state index in [1.165, 1.54) is 5.39 Å². The van der Waals surface area contributed by atoms with Crippen molar-refractivity contribution < 1.29 is 0 Å². The van der Waals surface area contributed by atoms with E-state index in [4.69, 9.17) is 0 Å². The first kappa shape index (κ1) is 9.00. The van der Waals surface area contributed by atoms with Crippen molar-refractivity contribution in [3.63, 3.8) is 0 Å². The van der Waals surface area contributed by atoms with Crippen LogP contribution >= 0.6 is 12.2 Å². The van der Waals surface area contributed by atoms with Gasteiger partial charge in [-0.2, -0.15) is 0 Å². The molecule has 3 heteroatoms. The van der Waals surface area contributed by atoms with Gasteiger partial charge in [-0.3, -0.25) is 4.98 Å². The quantitative estimate of drug-likeness (QED) is 0.550. The molecule has 0 saturated carbocycles. The highest BCUT2D eigenvalue weighted by Crippen LogP contribution is 2.17. The summed E-state index contributed by atoms with van der Waals surface area (Å²) in [5, 5.41) is 4.67. The van der Waals surface area contributed by atoms with E-state index in [2.05, 4.69) is 33.4 Å². The maximum absolute atomic E-state index is 4.54. The third kappa shape index (κ3) is 1.69. The predicted molar refractivity (Wildman–Crippen MR) is 60.5 cm³/mol. The summed E-state index contributed by atoms with van der Waals surface area (Å²) in [5.41, 5.74) is 1.08. The standard InChI is InChI=1S/C11H8N2S/c14-8-13-7-10-6-12-5-9-3-1-2-4-11(9)10/h1-6H,7H2. The van der Waals surface area contributed by atoms with Crippen LogP contribution in [0.2, 0.25) is 0 Å². The average Bonchev–Trinajstić information content (AvgIpc) is 2.26. The van der Waals surface area contributed by atoms with Gasteiger partial charge in [0, 0.05) is 23.3 Å². The van der Waals surface area contributed by atoms with E-state index >= 15 is 0 Å². The van der Waals surface area contributed by atoms with Crippen LogP contribution in [0.3, 0.4) is 0 Å². The van der Waals surface area contributed by atoms with Crippen molar-refractivity contribution in [3.8, 4) is 0 Å². The molecule has 0 amide bonds. The van der Waals surface area contributed by atoms with Crippen LogP contribution in [0.1, 0.15) is 5.56 Å². The number of thiocarbonyl (C=S) groups is 1. The number of rotatable bonds is 2. The van der Waals surface area contributed by atoms with E-state index in [1.807, 2.05) is 30.6 Å². The molecule has 0 N–H and O–H groups in total. The molecule has 1 aromatic carbocycles. The topological polar surface area (TPSA) is 25.2 Å². The summed E-state index contributed by atoms with van der Waals surface area (Å²) in [5.74, 6) is 0. The Morgan fingerprint density at radius 3 is 3.00 bits per heavy atom. The number of hydrogen-bond acceptors (Lipinski definition) is 3. The molecule has 2 rings (SSSR count). The number of isothiocyanates is 1. The molecule has 0 saturated heterocycles. The minimum Gasteiger partial charge on any atom is -0.264 e. The number of aromatic nitrogens is 1. The van der Waals surface area contributed by atoms with Gasteiger partial charge in [0.1, 0.15) is 0 Å². The van der Waals surface area contributed by atoms with E-state index in [0.29, 0.717) is 6.54 Å². The number of pyridine rings is 1. The van der Waals surface area contributed by atoms with Gasteiger partial charge in [0.05, 0.1) is 11.7 Å². The molecule has 0 atom stereocenters. The second-order valence-corrected chi connectivity index (χ2v) is 3.11. The maximum atomic E-state index is 4.54. The molecule has 2 nitrogen and oxygen atoms in total. The number of fused-ring (bicyclic) bond motifs is 1. The van der Waals surface area contributed by atoms with Crippen molar-refractivity contribution >= 4 is 28.2 Å². The predicted octanol–water partition coefficient (Wildman–Crippen LogP) is 2.84. The molecule has 2 aromatic rings. The number of benzene rings is 1. The van der Waals surface area contributed by atoms with Gasteiger partial charge < -0.3 is 0 Å². The molecule has 0 radical (unpaired) electrons. The zero-order valence-electron chi connectivity index (χ0n) is 7.47. The van der Waals surface area contributed by atoms with Gasteiger partial charge in [0.2, 0.25) is 0 Å². The zero-order chi connectivity index (χ0) is 9.80. The first-order valence-corrected chi connectivity index (χ1v) is 4.68. The summed E-state index contributed by atoms with van der Waals surface area (Å²) >= 11 is 4.54. The van der Waals surface area contributed by atoms with Gasteiger partial charge in [0.25, 0.3) is 0 Å². The lowest BCUT2D eigenvalue weighted by molar-refractivity contribution is 1.08. The molecule has 0 aliphatic rings. The highest BCUT2D eigenvalue weighted by molar-refractivity contribution is 7.78. The number of nitrogens with zero attached hydrogens (tertiary/aromatic N) is 2. The molecule has 0 bridgehead atoms.